The molecular weight excluding hydrogens is 380 g/mol. The van der Waals surface area contributed by atoms with E-state index in [0.29, 0.717) is 40.3 Å². The molecule has 6 heteroatoms. The van der Waals surface area contributed by atoms with Gasteiger partial charge in [-0.2, -0.15) is 0 Å². The minimum Gasteiger partial charge on any atom is -0.441 e. The fourth-order valence-corrected chi connectivity index (χ4v) is 4.63. The maximum absolute atomic E-state index is 12.3. The van der Waals surface area contributed by atoms with Gasteiger partial charge in [-0.3, -0.25) is 4.79 Å². The summed E-state index contributed by atoms with van der Waals surface area (Å²) in [7, 11) is 0. The summed E-state index contributed by atoms with van der Waals surface area (Å²) in [4.78, 5) is 16.9. The third-order valence-electron chi connectivity index (χ3n) is 5.52. The fourth-order valence-electron chi connectivity index (χ4n) is 3.59. The summed E-state index contributed by atoms with van der Waals surface area (Å²) in [6.07, 6.45) is 3.56. The van der Waals surface area contributed by atoms with E-state index in [-0.39, 0.29) is 5.91 Å². The lowest BCUT2D eigenvalue weighted by atomic mass is 9.78. The monoisotopic (exact) mass is 406 g/mol. The average Bonchev–Trinajstić information content (AvgIpc) is 3.00. The molecule has 1 aromatic heterocycles. The van der Waals surface area contributed by atoms with Gasteiger partial charge in [-0.25, -0.2) is 4.98 Å². The van der Waals surface area contributed by atoms with E-state index in [2.05, 4.69) is 24.1 Å². The molecule has 2 aromatic rings. The quantitative estimate of drug-likeness (QED) is 0.690. The highest BCUT2D eigenvalue weighted by atomic mass is 35.5. The van der Waals surface area contributed by atoms with Crippen LogP contribution in [0.4, 0.5) is 0 Å². The second kappa shape index (κ2) is 9.16. The smallest absolute Gasteiger partial charge is 0.230 e. The molecule has 1 amide bonds. The topological polar surface area (TPSA) is 55.1 Å². The van der Waals surface area contributed by atoms with E-state index in [0.717, 1.165) is 23.4 Å². The predicted octanol–water partition coefficient (Wildman–Crippen LogP) is 5.48. The van der Waals surface area contributed by atoms with Crippen molar-refractivity contribution in [2.24, 2.45) is 11.8 Å². The van der Waals surface area contributed by atoms with Gasteiger partial charge in [0.15, 0.2) is 0 Å². The Labute approximate surface area is 170 Å². The zero-order valence-corrected chi connectivity index (χ0v) is 17.7. The molecule has 1 saturated carbocycles. The van der Waals surface area contributed by atoms with Crippen LogP contribution in [0.25, 0.3) is 11.5 Å². The Kier molecular flexibility index (Phi) is 6.88. The third-order valence-corrected chi connectivity index (χ3v) is 6.80. The molecule has 0 aliphatic heterocycles. The molecule has 0 saturated heterocycles. The minimum atomic E-state index is 0.110. The van der Waals surface area contributed by atoms with Gasteiger partial charge in [-0.05, 0) is 37.3 Å². The third kappa shape index (κ3) is 5.08. The van der Waals surface area contributed by atoms with E-state index in [1.165, 1.54) is 12.8 Å². The van der Waals surface area contributed by atoms with Crippen LogP contribution in [0.5, 0.6) is 0 Å². The SMILES string of the molecule is Cc1oc(-c2ccccc2Cl)nc1CSCC(=O)N[C@@H]1CCC[C@H](C)[C@@H]1C. The number of benzene rings is 1. The van der Waals surface area contributed by atoms with Crippen LogP contribution in [0.2, 0.25) is 5.02 Å². The lowest BCUT2D eigenvalue weighted by Gasteiger charge is -2.34. The number of nitrogens with one attached hydrogen (secondary N) is 1. The highest BCUT2D eigenvalue weighted by molar-refractivity contribution is 7.99. The molecule has 27 heavy (non-hydrogen) atoms. The van der Waals surface area contributed by atoms with Gasteiger partial charge in [-0.15, -0.1) is 11.8 Å². The Bertz CT molecular complexity index is 792. The largest absolute Gasteiger partial charge is 0.441 e. The number of oxazole rings is 1. The van der Waals surface area contributed by atoms with Crippen molar-refractivity contribution >= 4 is 29.3 Å². The number of carbonyl (C=O) groups excluding carboxylic acids is 1. The molecule has 0 bridgehead atoms. The molecule has 3 atom stereocenters. The van der Waals surface area contributed by atoms with Crippen LogP contribution < -0.4 is 5.32 Å². The second-order valence-corrected chi connectivity index (χ2v) is 8.83. The molecule has 1 aliphatic rings. The molecule has 4 nitrogen and oxygen atoms in total. The van der Waals surface area contributed by atoms with E-state index in [1.807, 2.05) is 31.2 Å². The molecule has 3 rings (SSSR count). The zero-order valence-electron chi connectivity index (χ0n) is 16.1. The van der Waals surface area contributed by atoms with Crippen molar-refractivity contribution in [1.82, 2.24) is 10.3 Å². The molecule has 146 valence electrons. The highest BCUT2D eigenvalue weighted by Gasteiger charge is 2.28. The zero-order chi connectivity index (χ0) is 19.4. The van der Waals surface area contributed by atoms with Crippen molar-refractivity contribution in [2.75, 3.05) is 5.75 Å². The van der Waals surface area contributed by atoms with E-state index >= 15 is 0 Å². The van der Waals surface area contributed by atoms with Crippen molar-refractivity contribution in [3.63, 3.8) is 0 Å². The summed E-state index contributed by atoms with van der Waals surface area (Å²) in [6.45, 7) is 6.42. The van der Waals surface area contributed by atoms with Crippen LogP contribution >= 0.6 is 23.4 Å². The maximum atomic E-state index is 12.3. The van der Waals surface area contributed by atoms with E-state index in [9.17, 15) is 4.79 Å². The number of nitrogens with zero attached hydrogens (tertiary/aromatic N) is 1. The van der Waals surface area contributed by atoms with Gasteiger partial charge < -0.3 is 9.73 Å². The summed E-state index contributed by atoms with van der Waals surface area (Å²) in [5.41, 5.74) is 1.65. The average molecular weight is 407 g/mol. The van der Waals surface area contributed by atoms with Gasteiger partial charge in [-0.1, -0.05) is 50.4 Å². The standard InChI is InChI=1S/C21H27ClN2O2S/c1-13-7-6-10-18(14(13)2)23-20(25)12-27-11-19-15(3)26-21(24-19)16-8-4-5-9-17(16)22/h4-5,8-9,13-14,18H,6-7,10-12H2,1-3H3,(H,23,25)/t13-,14-,18+/m0/s1. The van der Waals surface area contributed by atoms with Gasteiger partial charge in [0.1, 0.15) is 5.76 Å². The normalized spacial score (nSPS) is 22.6. The molecule has 1 aliphatic carbocycles. The maximum Gasteiger partial charge on any atom is 0.230 e. The van der Waals surface area contributed by atoms with E-state index in [4.69, 9.17) is 16.0 Å². The van der Waals surface area contributed by atoms with E-state index in [1.54, 1.807) is 11.8 Å². The van der Waals surface area contributed by atoms with Crippen molar-refractivity contribution < 1.29 is 9.21 Å². The summed E-state index contributed by atoms with van der Waals surface area (Å²) in [6, 6.07) is 7.81. The lowest BCUT2D eigenvalue weighted by molar-refractivity contribution is -0.119. The number of hydrogen-bond acceptors (Lipinski definition) is 4. The van der Waals surface area contributed by atoms with Gasteiger partial charge in [0.05, 0.1) is 22.0 Å². The molecule has 1 aromatic carbocycles. The van der Waals surface area contributed by atoms with Crippen LogP contribution in [0.15, 0.2) is 28.7 Å². The number of halogens is 1. The van der Waals surface area contributed by atoms with Crippen LogP contribution in [0.3, 0.4) is 0 Å². The molecule has 0 spiro atoms. The highest BCUT2D eigenvalue weighted by Crippen LogP contribution is 2.30. The molecule has 1 heterocycles. The van der Waals surface area contributed by atoms with Crippen LogP contribution in [-0.2, 0) is 10.5 Å². The summed E-state index contributed by atoms with van der Waals surface area (Å²) in [5, 5.41) is 3.84. The van der Waals surface area contributed by atoms with Gasteiger partial charge in [0, 0.05) is 11.8 Å². The van der Waals surface area contributed by atoms with Gasteiger partial charge >= 0.3 is 0 Å². The Balaban J connectivity index is 1.52. The summed E-state index contributed by atoms with van der Waals surface area (Å²) in [5.74, 6) is 3.71. The number of aryl methyl sites for hydroxylation is 1. The number of carbonyl (C=O) groups is 1. The summed E-state index contributed by atoms with van der Waals surface area (Å²) >= 11 is 7.79. The Hall–Kier alpha value is -1.46. The number of rotatable bonds is 6. The predicted molar refractivity (Wildman–Crippen MR) is 112 cm³/mol. The van der Waals surface area contributed by atoms with Gasteiger partial charge in [0.25, 0.3) is 0 Å². The van der Waals surface area contributed by atoms with Crippen LogP contribution in [-0.4, -0.2) is 22.7 Å². The Morgan fingerprint density at radius 2 is 2.11 bits per heavy atom. The number of hydrogen-bond donors (Lipinski definition) is 1. The number of amides is 1. The summed E-state index contributed by atoms with van der Waals surface area (Å²) < 4.78 is 5.78. The Morgan fingerprint density at radius 1 is 1.33 bits per heavy atom. The van der Waals surface area contributed by atoms with Crippen molar-refractivity contribution in [1.29, 1.82) is 0 Å². The first-order valence-electron chi connectivity index (χ1n) is 9.54. The molecular formula is C21H27ClN2O2S. The van der Waals surface area contributed by atoms with Crippen molar-refractivity contribution in [2.45, 2.75) is 51.8 Å². The van der Waals surface area contributed by atoms with Gasteiger partial charge in [0.2, 0.25) is 11.8 Å². The molecule has 0 unspecified atom stereocenters. The molecule has 1 fully saturated rings. The molecule has 0 radical (unpaired) electrons. The second-order valence-electron chi connectivity index (χ2n) is 7.44. The van der Waals surface area contributed by atoms with Crippen LogP contribution in [0, 0.1) is 18.8 Å². The molecule has 1 N–H and O–H groups in total. The lowest BCUT2D eigenvalue weighted by Crippen LogP contribution is -2.44. The van der Waals surface area contributed by atoms with Crippen molar-refractivity contribution in [3.8, 4) is 11.5 Å². The minimum absolute atomic E-state index is 0.110. The first-order valence-corrected chi connectivity index (χ1v) is 11.1. The Morgan fingerprint density at radius 3 is 2.89 bits per heavy atom. The van der Waals surface area contributed by atoms with Crippen molar-refractivity contribution in [3.05, 3.63) is 40.7 Å². The first kappa shape index (κ1) is 20.3. The fraction of sp³-hybridized carbons (Fsp3) is 0.524. The first-order chi connectivity index (χ1) is 13.0. The number of thioether (sulfide) groups is 1. The van der Waals surface area contributed by atoms with E-state index < -0.39 is 0 Å². The number of aromatic nitrogens is 1. The van der Waals surface area contributed by atoms with Crippen LogP contribution in [0.1, 0.15) is 44.6 Å².